The summed E-state index contributed by atoms with van der Waals surface area (Å²) in [7, 11) is 0. The van der Waals surface area contributed by atoms with Gasteiger partial charge in [-0.2, -0.15) is 5.10 Å². The number of rotatable bonds is 10. The number of hydrogen-bond acceptors (Lipinski definition) is 7. The molecule has 0 bridgehead atoms. The Morgan fingerprint density at radius 1 is 1.19 bits per heavy atom. The van der Waals surface area contributed by atoms with Gasteiger partial charge < -0.3 is 26.9 Å². The summed E-state index contributed by atoms with van der Waals surface area (Å²) in [6.45, 7) is -0.0829. The van der Waals surface area contributed by atoms with Gasteiger partial charge in [-0.15, -0.1) is 0 Å². The Balaban J connectivity index is 2.13. The zero-order valence-electron chi connectivity index (χ0n) is 16.9. The van der Waals surface area contributed by atoms with Crippen LogP contribution in [-0.4, -0.2) is 40.7 Å². The van der Waals surface area contributed by atoms with Gasteiger partial charge in [-0.25, -0.2) is 4.79 Å². The Morgan fingerprint density at radius 2 is 1.91 bits per heavy atom. The Hall–Kier alpha value is -4.48. The summed E-state index contributed by atoms with van der Waals surface area (Å²) in [5, 5.41) is 30.9. The van der Waals surface area contributed by atoms with Crippen LogP contribution in [0.25, 0.3) is 0 Å². The molecule has 3 amide bonds. The van der Waals surface area contributed by atoms with E-state index in [2.05, 4.69) is 21.1 Å². The number of amides is 3. The fourth-order valence-corrected chi connectivity index (χ4v) is 2.74. The largest absolute Gasteiger partial charge is 0.481 e. The third-order valence-corrected chi connectivity index (χ3v) is 4.23. The van der Waals surface area contributed by atoms with Crippen molar-refractivity contribution in [1.29, 1.82) is 0 Å². The summed E-state index contributed by atoms with van der Waals surface area (Å²) in [6.07, 6.45) is 0.928. The SMILES string of the molecule is NN=Cc1ccc(NC(=O)NC(CC(=O)NCCC(=O)O)c2cccc([N+](=O)[O-])c2)cc1. The molecular weight excluding hydrogens is 420 g/mol. The number of carboxylic acid groups (broad SMARTS) is 1. The van der Waals surface area contributed by atoms with Crippen molar-refractivity contribution in [3.05, 3.63) is 69.8 Å². The van der Waals surface area contributed by atoms with E-state index in [0.29, 0.717) is 11.3 Å². The van der Waals surface area contributed by atoms with E-state index >= 15 is 0 Å². The van der Waals surface area contributed by atoms with Gasteiger partial charge in [-0.05, 0) is 23.3 Å². The highest BCUT2D eigenvalue weighted by molar-refractivity contribution is 5.90. The minimum atomic E-state index is -1.07. The molecule has 12 heteroatoms. The highest BCUT2D eigenvalue weighted by Crippen LogP contribution is 2.22. The quantitative estimate of drug-likeness (QED) is 0.160. The number of carbonyl (C=O) groups excluding carboxylic acids is 2. The van der Waals surface area contributed by atoms with Crippen LogP contribution in [0.4, 0.5) is 16.2 Å². The fourth-order valence-electron chi connectivity index (χ4n) is 2.74. The summed E-state index contributed by atoms with van der Waals surface area (Å²) in [5.41, 5.74) is 1.33. The number of nitrogens with two attached hydrogens (primary N) is 1. The molecule has 12 nitrogen and oxygen atoms in total. The minimum absolute atomic E-state index is 0.0829. The van der Waals surface area contributed by atoms with E-state index < -0.39 is 28.9 Å². The predicted molar refractivity (Wildman–Crippen MR) is 116 cm³/mol. The van der Waals surface area contributed by atoms with Crippen LogP contribution in [0.5, 0.6) is 0 Å². The van der Waals surface area contributed by atoms with E-state index in [-0.39, 0.29) is 25.1 Å². The molecule has 0 aliphatic carbocycles. The molecule has 0 fully saturated rings. The van der Waals surface area contributed by atoms with Gasteiger partial charge in [0.1, 0.15) is 0 Å². The van der Waals surface area contributed by atoms with Crippen molar-refractivity contribution in [2.75, 3.05) is 11.9 Å². The smallest absolute Gasteiger partial charge is 0.319 e. The van der Waals surface area contributed by atoms with Gasteiger partial charge in [-0.3, -0.25) is 19.7 Å². The molecule has 32 heavy (non-hydrogen) atoms. The molecule has 0 aliphatic rings. The van der Waals surface area contributed by atoms with Crippen molar-refractivity contribution in [2.45, 2.75) is 18.9 Å². The second-order valence-corrected chi connectivity index (χ2v) is 6.60. The lowest BCUT2D eigenvalue weighted by Crippen LogP contribution is -2.36. The van der Waals surface area contributed by atoms with Gasteiger partial charge in [0.15, 0.2) is 0 Å². The number of aliphatic carboxylic acids is 1. The van der Waals surface area contributed by atoms with Gasteiger partial charge >= 0.3 is 12.0 Å². The molecule has 1 atom stereocenters. The van der Waals surface area contributed by atoms with Crippen LogP contribution < -0.4 is 21.8 Å². The maximum absolute atomic E-state index is 12.5. The maximum Gasteiger partial charge on any atom is 0.319 e. The van der Waals surface area contributed by atoms with Gasteiger partial charge in [0, 0.05) is 24.4 Å². The number of hydrogen-bond donors (Lipinski definition) is 5. The topological polar surface area (TPSA) is 189 Å². The van der Waals surface area contributed by atoms with Crippen molar-refractivity contribution in [3.8, 4) is 0 Å². The number of hydrazone groups is 1. The third kappa shape index (κ3) is 7.74. The molecule has 0 saturated carbocycles. The van der Waals surface area contributed by atoms with E-state index in [4.69, 9.17) is 10.9 Å². The standard InChI is InChI=1S/C20H22N6O6/c21-23-12-13-4-6-15(7-5-13)24-20(30)25-17(11-18(27)22-9-8-19(28)29)14-2-1-3-16(10-14)26(31)32/h1-7,10,12,17H,8-9,11,21H2,(H,22,27)(H,28,29)(H2,24,25,30). The number of benzene rings is 2. The highest BCUT2D eigenvalue weighted by Gasteiger charge is 2.21. The molecule has 0 saturated heterocycles. The van der Waals surface area contributed by atoms with Gasteiger partial charge in [0.25, 0.3) is 5.69 Å². The first-order valence-electron chi connectivity index (χ1n) is 9.42. The van der Waals surface area contributed by atoms with E-state index in [0.717, 1.165) is 5.56 Å². The second-order valence-electron chi connectivity index (χ2n) is 6.60. The number of non-ortho nitro benzene ring substituents is 1. The normalized spacial score (nSPS) is 11.5. The Labute approximate surface area is 182 Å². The van der Waals surface area contributed by atoms with Crippen LogP contribution in [0.2, 0.25) is 0 Å². The first-order valence-corrected chi connectivity index (χ1v) is 9.42. The number of carboxylic acids is 1. The van der Waals surface area contributed by atoms with Crippen LogP contribution in [0.1, 0.15) is 30.0 Å². The van der Waals surface area contributed by atoms with Crippen molar-refractivity contribution in [2.24, 2.45) is 10.9 Å². The van der Waals surface area contributed by atoms with E-state index in [1.54, 1.807) is 30.3 Å². The van der Waals surface area contributed by atoms with Crippen LogP contribution in [0.15, 0.2) is 53.6 Å². The lowest BCUT2D eigenvalue weighted by Gasteiger charge is -2.19. The number of carbonyl (C=O) groups is 3. The average Bonchev–Trinajstić information content (AvgIpc) is 2.74. The zero-order valence-corrected chi connectivity index (χ0v) is 16.9. The van der Waals surface area contributed by atoms with Crippen LogP contribution >= 0.6 is 0 Å². The number of anilines is 1. The van der Waals surface area contributed by atoms with Crippen molar-refractivity contribution < 1.29 is 24.4 Å². The van der Waals surface area contributed by atoms with Crippen LogP contribution in [-0.2, 0) is 9.59 Å². The second kappa shape index (κ2) is 11.6. The van der Waals surface area contributed by atoms with E-state index in [1.807, 2.05) is 0 Å². The van der Waals surface area contributed by atoms with Gasteiger partial charge in [0.05, 0.1) is 30.0 Å². The summed E-state index contributed by atoms with van der Waals surface area (Å²) in [4.78, 5) is 45.9. The molecule has 0 spiro atoms. The molecule has 2 aromatic carbocycles. The molecule has 2 aromatic rings. The number of nitro groups is 1. The molecule has 1 unspecified atom stereocenters. The molecule has 2 rings (SSSR count). The number of urea groups is 1. The molecule has 0 aromatic heterocycles. The Morgan fingerprint density at radius 3 is 2.53 bits per heavy atom. The first-order chi connectivity index (χ1) is 15.3. The fraction of sp³-hybridized carbons (Fsp3) is 0.200. The molecule has 6 N–H and O–H groups in total. The monoisotopic (exact) mass is 442 g/mol. The average molecular weight is 442 g/mol. The highest BCUT2D eigenvalue weighted by atomic mass is 16.6. The lowest BCUT2D eigenvalue weighted by atomic mass is 10.0. The third-order valence-electron chi connectivity index (χ3n) is 4.23. The van der Waals surface area contributed by atoms with Crippen molar-refractivity contribution in [1.82, 2.24) is 10.6 Å². The number of nitrogens with one attached hydrogen (secondary N) is 3. The van der Waals surface area contributed by atoms with Crippen molar-refractivity contribution in [3.63, 3.8) is 0 Å². The number of nitrogens with zero attached hydrogens (tertiary/aromatic N) is 2. The van der Waals surface area contributed by atoms with Crippen molar-refractivity contribution >= 4 is 35.5 Å². The zero-order chi connectivity index (χ0) is 23.5. The van der Waals surface area contributed by atoms with Gasteiger partial charge in [0.2, 0.25) is 5.91 Å². The lowest BCUT2D eigenvalue weighted by molar-refractivity contribution is -0.384. The van der Waals surface area contributed by atoms with E-state index in [1.165, 1.54) is 24.4 Å². The van der Waals surface area contributed by atoms with Gasteiger partial charge in [-0.1, -0.05) is 24.3 Å². The molecule has 168 valence electrons. The van der Waals surface area contributed by atoms with Crippen LogP contribution in [0.3, 0.4) is 0 Å². The minimum Gasteiger partial charge on any atom is -0.481 e. The predicted octanol–water partition coefficient (Wildman–Crippen LogP) is 1.73. The molecule has 0 aliphatic heterocycles. The Kier molecular flexibility index (Phi) is 8.66. The molecule has 0 radical (unpaired) electrons. The number of nitro benzene ring substituents is 1. The summed E-state index contributed by atoms with van der Waals surface area (Å²) >= 11 is 0. The summed E-state index contributed by atoms with van der Waals surface area (Å²) in [6, 6.07) is 10.6. The maximum atomic E-state index is 12.5. The first kappa shape index (κ1) is 23.8. The summed E-state index contributed by atoms with van der Waals surface area (Å²) < 4.78 is 0. The molecule has 0 heterocycles. The van der Waals surface area contributed by atoms with E-state index in [9.17, 15) is 24.5 Å². The summed E-state index contributed by atoms with van der Waals surface area (Å²) in [5.74, 6) is 3.50. The van der Waals surface area contributed by atoms with Crippen LogP contribution in [0, 0.1) is 10.1 Å². The Bertz CT molecular complexity index is 1010. The molecular formula is C20H22N6O6.